The Bertz CT molecular complexity index is 624. The number of aromatic nitrogens is 1. The third-order valence-electron chi connectivity index (χ3n) is 3.50. The van der Waals surface area contributed by atoms with E-state index in [9.17, 15) is 4.39 Å². The Morgan fingerprint density at radius 3 is 2.70 bits per heavy atom. The fourth-order valence-corrected chi connectivity index (χ4v) is 3.86. The van der Waals surface area contributed by atoms with Gasteiger partial charge in [0.15, 0.2) is 0 Å². The molecule has 2 heterocycles. The standard InChI is InChI=1S/C14H13Cl2FN2S/c15-10-6-11(16)12(17)5-9(10)13-7-20-14(19-13)8-1-3-18-4-2-8/h5-8,18H,1-4H2. The second-order valence-electron chi connectivity index (χ2n) is 4.84. The molecule has 106 valence electrons. The highest BCUT2D eigenvalue weighted by molar-refractivity contribution is 7.10. The van der Waals surface area contributed by atoms with E-state index in [2.05, 4.69) is 10.3 Å². The van der Waals surface area contributed by atoms with Gasteiger partial charge in [-0.15, -0.1) is 11.3 Å². The molecule has 1 aromatic carbocycles. The van der Waals surface area contributed by atoms with Gasteiger partial charge in [0.2, 0.25) is 0 Å². The minimum atomic E-state index is -0.470. The predicted octanol–water partition coefficient (Wildman–Crippen LogP) is 4.72. The molecular weight excluding hydrogens is 318 g/mol. The molecule has 0 unspecified atom stereocenters. The number of piperidine rings is 1. The summed E-state index contributed by atoms with van der Waals surface area (Å²) < 4.78 is 13.6. The van der Waals surface area contributed by atoms with Crippen molar-refractivity contribution in [3.05, 3.63) is 38.4 Å². The lowest BCUT2D eigenvalue weighted by Gasteiger charge is -2.20. The van der Waals surface area contributed by atoms with Crippen molar-refractivity contribution in [2.75, 3.05) is 13.1 Å². The van der Waals surface area contributed by atoms with E-state index in [1.807, 2.05) is 5.38 Å². The minimum Gasteiger partial charge on any atom is -0.317 e. The highest BCUT2D eigenvalue weighted by atomic mass is 35.5. The first-order chi connectivity index (χ1) is 9.65. The topological polar surface area (TPSA) is 24.9 Å². The van der Waals surface area contributed by atoms with Crippen LogP contribution >= 0.6 is 34.5 Å². The molecule has 2 aromatic rings. The maximum Gasteiger partial charge on any atom is 0.142 e. The number of nitrogens with one attached hydrogen (secondary N) is 1. The van der Waals surface area contributed by atoms with Crippen LogP contribution in [0.3, 0.4) is 0 Å². The Hall–Kier alpha value is -0.680. The Kier molecular flexibility index (Phi) is 4.26. The Morgan fingerprint density at radius 2 is 1.95 bits per heavy atom. The summed E-state index contributed by atoms with van der Waals surface area (Å²) in [6.07, 6.45) is 2.19. The Morgan fingerprint density at radius 1 is 1.20 bits per heavy atom. The van der Waals surface area contributed by atoms with Crippen LogP contribution in [0.4, 0.5) is 4.39 Å². The van der Waals surface area contributed by atoms with Gasteiger partial charge < -0.3 is 5.32 Å². The molecule has 1 aliphatic heterocycles. The predicted molar refractivity (Wildman–Crippen MR) is 82.4 cm³/mol. The zero-order chi connectivity index (χ0) is 14.1. The minimum absolute atomic E-state index is 0.0348. The van der Waals surface area contributed by atoms with Crippen LogP contribution in [-0.2, 0) is 0 Å². The van der Waals surface area contributed by atoms with Crippen LogP contribution in [0.1, 0.15) is 23.8 Å². The maximum absolute atomic E-state index is 13.6. The van der Waals surface area contributed by atoms with Crippen LogP contribution in [0.2, 0.25) is 10.0 Å². The van der Waals surface area contributed by atoms with Gasteiger partial charge in [-0.1, -0.05) is 23.2 Å². The molecule has 0 spiro atoms. The largest absolute Gasteiger partial charge is 0.317 e. The lowest BCUT2D eigenvalue weighted by molar-refractivity contribution is 0.459. The van der Waals surface area contributed by atoms with E-state index in [-0.39, 0.29) is 5.02 Å². The van der Waals surface area contributed by atoms with E-state index in [1.165, 1.54) is 12.1 Å². The quantitative estimate of drug-likeness (QED) is 0.805. The number of thiazole rings is 1. The van der Waals surface area contributed by atoms with Crippen LogP contribution in [-0.4, -0.2) is 18.1 Å². The molecule has 1 fully saturated rings. The van der Waals surface area contributed by atoms with Crippen molar-refractivity contribution in [2.24, 2.45) is 0 Å². The fraction of sp³-hybridized carbons (Fsp3) is 0.357. The van der Waals surface area contributed by atoms with Crippen LogP contribution in [0, 0.1) is 5.82 Å². The van der Waals surface area contributed by atoms with E-state index < -0.39 is 5.82 Å². The molecule has 1 aromatic heterocycles. The van der Waals surface area contributed by atoms with Crippen molar-refractivity contribution >= 4 is 34.5 Å². The summed E-state index contributed by atoms with van der Waals surface area (Å²) in [5.41, 5.74) is 1.33. The summed E-state index contributed by atoms with van der Waals surface area (Å²) in [6, 6.07) is 2.78. The summed E-state index contributed by atoms with van der Waals surface area (Å²) in [7, 11) is 0. The lowest BCUT2D eigenvalue weighted by atomic mass is 9.99. The first-order valence-corrected chi connectivity index (χ1v) is 8.10. The van der Waals surface area contributed by atoms with Crippen molar-refractivity contribution in [2.45, 2.75) is 18.8 Å². The van der Waals surface area contributed by atoms with Gasteiger partial charge in [-0.25, -0.2) is 9.37 Å². The molecule has 3 rings (SSSR count). The third-order valence-corrected chi connectivity index (χ3v) is 5.11. The molecular formula is C14H13Cl2FN2S. The Labute approximate surface area is 130 Å². The first kappa shape index (κ1) is 14.3. The van der Waals surface area contributed by atoms with Crippen molar-refractivity contribution in [1.29, 1.82) is 0 Å². The molecule has 0 amide bonds. The molecule has 6 heteroatoms. The van der Waals surface area contributed by atoms with Crippen LogP contribution in [0.5, 0.6) is 0 Å². The number of rotatable bonds is 2. The van der Waals surface area contributed by atoms with Crippen molar-refractivity contribution < 1.29 is 4.39 Å². The number of hydrogen-bond donors (Lipinski definition) is 1. The summed E-state index contributed by atoms with van der Waals surface area (Å²) in [5, 5.41) is 6.84. The lowest BCUT2D eigenvalue weighted by Crippen LogP contribution is -2.26. The van der Waals surface area contributed by atoms with E-state index >= 15 is 0 Å². The molecule has 0 saturated carbocycles. The van der Waals surface area contributed by atoms with Gasteiger partial charge in [-0.2, -0.15) is 0 Å². The maximum atomic E-state index is 13.6. The number of hydrogen-bond acceptors (Lipinski definition) is 3. The summed E-state index contributed by atoms with van der Waals surface area (Å²) in [5.74, 6) is 0.0217. The molecule has 2 nitrogen and oxygen atoms in total. The van der Waals surface area contributed by atoms with Gasteiger partial charge in [0.1, 0.15) is 5.82 Å². The van der Waals surface area contributed by atoms with Gasteiger partial charge in [0.05, 0.1) is 20.7 Å². The van der Waals surface area contributed by atoms with Crippen LogP contribution in [0.15, 0.2) is 17.5 Å². The molecule has 1 N–H and O–H groups in total. The summed E-state index contributed by atoms with van der Waals surface area (Å²) in [4.78, 5) is 4.63. The highest BCUT2D eigenvalue weighted by Crippen LogP contribution is 2.35. The van der Waals surface area contributed by atoms with Gasteiger partial charge in [0, 0.05) is 16.9 Å². The molecule has 1 aliphatic rings. The highest BCUT2D eigenvalue weighted by Gasteiger charge is 2.20. The van der Waals surface area contributed by atoms with Crippen molar-refractivity contribution in [1.82, 2.24) is 10.3 Å². The van der Waals surface area contributed by atoms with E-state index in [4.69, 9.17) is 23.2 Å². The molecule has 1 saturated heterocycles. The second kappa shape index (κ2) is 5.98. The number of benzene rings is 1. The van der Waals surface area contributed by atoms with Gasteiger partial charge in [-0.3, -0.25) is 0 Å². The van der Waals surface area contributed by atoms with Crippen LogP contribution < -0.4 is 5.32 Å². The fourth-order valence-electron chi connectivity index (χ4n) is 2.39. The van der Waals surface area contributed by atoms with Gasteiger partial charge in [-0.05, 0) is 38.1 Å². The molecule has 20 heavy (non-hydrogen) atoms. The zero-order valence-electron chi connectivity index (χ0n) is 10.6. The third kappa shape index (κ3) is 2.84. The summed E-state index contributed by atoms with van der Waals surface area (Å²) >= 11 is 13.5. The monoisotopic (exact) mass is 330 g/mol. The molecule has 0 atom stereocenters. The van der Waals surface area contributed by atoms with Crippen molar-refractivity contribution in [3.63, 3.8) is 0 Å². The van der Waals surface area contributed by atoms with E-state index in [1.54, 1.807) is 11.3 Å². The molecule has 0 bridgehead atoms. The van der Waals surface area contributed by atoms with E-state index in [0.717, 1.165) is 36.6 Å². The number of nitrogens with zero attached hydrogens (tertiary/aromatic N) is 1. The van der Waals surface area contributed by atoms with Crippen LogP contribution in [0.25, 0.3) is 11.3 Å². The van der Waals surface area contributed by atoms with Gasteiger partial charge >= 0.3 is 0 Å². The molecule has 0 radical (unpaired) electrons. The average molecular weight is 331 g/mol. The number of halogens is 3. The second-order valence-corrected chi connectivity index (χ2v) is 6.55. The van der Waals surface area contributed by atoms with E-state index in [0.29, 0.717) is 16.5 Å². The van der Waals surface area contributed by atoms with Crippen molar-refractivity contribution in [3.8, 4) is 11.3 Å². The van der Waals surface area contributed by atoms with Gasteiger partial charge in [0.25, 0.3) is 0 Å². The first-order valence-electron chi connectivity index (χ1n) is 6.46. The summed E-state index contributed by atoms with van der Waals surface area (Å²) in [6.45, 7) is 2.05. The SMILES string of the molecule is Fc1cc(-c2csc(C3CCNCC3)n2)c(Cl)cc1Cl. The normalized spacial score (nSPS) is 16.6. The average Bonchev–Trinajstić information content (AvgIpc) is 2.93. The zero-order valence-corrected chi connectivity index (χ0v) is 13.0. The Balaban J connectivity index is 1.91. The molecule has 0 aliphatic carbocycles. The smallest absolute Gasteiger partial charge is 0.142 e.